The van der Waals surface area contributed by atoms with Gasteiger partial charge in [-0.05, 0) is 74.5 Å². The molecule has 36 heavy (non-hydrogen) atoms. The minimum atomic E-state index is 0.00654. The fourth-order valence-electron chi connectivity index (χ4n) is 6.44. The van der Waals surface area contributed by atoms with E-state index in [-0.39, 0.29) is 17.7 Å². The molecule has 3 aliphatic rings. The Kier molecular flexibility index (Phi) is 10.2. The van der Waals surface area contributed by atoms with Crippen LogP contribution in [0.2, 0.25) is 0 Å². The molecule has 3 N–H and O–H groups in total. The molecule has 6 heteroatoms. The van der Waals surface area contributed by atoms with Crippen molar-refractivity contribution >= 4 is 34.8 Å². The Labute approximate surface area is 216 Å². The van der Waals surface area contributed by atoms with Crippen LogP contribution in [0, 0.1) is 17.8 Å². The molecule has 0 bridgehead atoms. The number of anilines is 3. The number of benzene rings is 1. The highest BCUT2D eigenvalue weighted by Gasteiger charge is 2.20. The Hall–Kier alpha value is -2.37. The molecule has 0 aromatic heterocycles. The molecule has 6 nitrogen and oxygen atoms in total. The van der Waals surface area contributed by atoms with E-state index in [2.05, 4.69) is 16.0 Å². The van der Waals surface area contributed by atoms with Crippen LogP contribution in [0.1, 0.15) is 116 Å². The molecule has 4 rings (SSSR count). The van der Waals surface area contributed by atoms with Crippen molar-refractivity contribution in [1.82, 2.24) is 0 Å². The molecule has 0 heterocycles. The summed E-state index contributed by atoms with van der Waals surface area (Å²) in [6, 6.07) is 5.44. The summed E-state index contributed by atoms with van der Waals surface area (Å²) in [5.41, 5.74) is 1.87. The Morgan fingerprint density at radius 2 is 0.722 bits per heavy atom. The van der Waals surface area contributed by atoms with Gasteiger partial charge in [-0.15, -0.1) is 0 Å². The summed E-state index contributed by atoms with van der Waals surface area (Å²) in [6.07, 6.45) is 19.3. The second-order valence-electron chi connectivity index (χ2n) is 11.6. The Morgan fingerprint density at radius 1 is 0.472 bits per heavy atom. The van der Waals surface area contributed by atoms with Gasteiger partial charge in [0.25, 0.3) is 0 Å². The lowest BCUT2D eigenvalue weighted by Crippen LogP contribution is -2.21. The van der Waals surface area contributed by atoms with Gasteiger partial charge in [0.15, 0.2) is 0 Å². The van der Waals surface area contributed by atoms with Crippen LogP contribution < -0.4 is 16.0 Å². The van der Waals surface area contributed by atoms with Gasteiger partial charge in [-0.1, -0.05) is 57.8 Å². The molecule has 3 amide bonds. The van der Waals surface area contributed by atoms with Gasteiger partial charge in [-0.2, -0.15) is 0 Å². The van der Waals surface area contributed by atoms with E-state index in [9.17, 15) is 14.4 Å². The van der Waals surface area contributed by atoms with Crippen LogP contribution in [0.4, 0.5) is 17.1 Å². The van der Waals surface area contributed by atoms with Gasteiger partial charge in [-0.25, -0.2) is 0 Å². The number of carbonyl (C=O) groups is 3. The molecule has 3 saturated carbocycles. The molecular formula is C30H45N3O3. The van der Waals surface area contributed by atoms with Crippen LogP contribution in [0.3, 0.4) is 0 Å². The first-order chi connectivity index (χ1) is 17.5. The molecule has 0 atom stereocenters. The van der Waals surface area contributed by atoms with Crippen molar-refractivity contribution < 1.29 is 14.4 Å². The lowest BCUT2D eigenvalue weighted by atomic mass is 9.87. The predicted molar refractivity (Wildman–Crippen MR) is 146 cm³/mol. The monoisotopic (exact) mass is 495 g/mol. The second-order valence-corrected chi connectivity index (χ2v) is 11.6. The summed E-state index contributed by atoms with van der Waals surface area (Å²) in [5.74, 6) is 1.37. The lowest BCUT2D eigenvalue weighted by Gasteiger charge is -2.22. The minimum Gasteiger partial charge on any atom is -0.326 e. The summed E-state index contributed by atoms with van der Waals surface area (Å²) in [6.45, 7) is 0. The molecule has 3 fully saturated rings. The average Bonchev–Trinajstić information content (AvgIpc) is 2.85. The fraction of sp³-hybridized carbons (Fsp3) is 0.700. The third-order valence-corrected chi connectivity index (χ3v) is 8.38. The molecule has 0 spiro atoms. The van der Waals surface area contributed by atoms with Crippen LogP contribution in [0.25, 0.3) is 0 Å². The normalized spacial score (nSPS) is 20.0. The highest BCUT2D eigenvalue weighted by molar-refractivity contribution is 5.98. The van der Waals surface area contributed by atoms with Crippen LogP contribution in [0.5, 0.6) is 0 Å². The molecule has 1 aromatic carbocycles. The van der Waals surface area contributed by atoms with Gasteiger partial charge in [0, 0.05) is 36.3 Å². The number of hydrogen-bond acceptors (Lipinski definition) is 3. The quantitative estimate of drug-likeness (QED) is 0.333. The van der Waals surface area contributed by atoms with E-state index in [0.717, 1.165) is 38.5 Å². The van der Waals surface area contributed by atoms with Gasteiger partial charge < -0.3 is 16.0 Å². The molecule has 0 saturated heterocycles. The summed E-state index contributed by atoms with van der Waals surface area (Å²) < 4.78 is 0. The van der Waals surface area contributed by atoms with E-state index in [1.54, 1.807) is 0 Å². The van der Waals surface area contributed by atoms with Crippen molar-refractivity contribution in [3.8, 4) is 0 Å². The van der Waals surface area contributed by atoms with E-state index in [4.69, 9.17) is 0 Å². The number of rotatable bonds is 9. The standard InChI is InChI=1S/C30H45N3O3/c34-28(16-22-10-4-1-5-11-22)31-25-19-26(32-29(35)17-23-12-6-2-7-13-23)21-27(20-25)33-30(36)18-24-14-8-3-9-15-24/h19-24H,1-18H2,(H,31,34)(H,32,35)(H,33,36). The molecule has 3 aliphatic carbocycles. The zero-order valence-electron chi connectivity index (χ0n) is 21.9. The molecule has 0 aliphatic heterocycles. The van der Waals surface area contributed by atoms with E-state index < -0.39 is 0 Å². The second kappa shape index (κ2) is 13.8. The molecule has 1 aromatic rings. The first-order valence-electron chi connectivity index (χ1n) is 14.6. The maximum absolute atomic E-state index is 12.8. The number of carbonyl (C=O) groups excluding carboxylic acids is 3. The fourth-order valence-corrected chi connectivity index (χ4v) is 6.44. The van der Waals surface area contributed by atoms with Gasteiger partial charge in [0.1, 0.15) is 0 Å². The van der Waals surface area contributed by atoms with Crippen molar-refractivity contribution in [3.63, 3.8) is 0 Å². The topological polar surface area (TPSA) is 87.3 Å². The van der Waals surface area contributed by atoms with E-state index in [0.29, 0.717) is 54.1 Å². The van der Waals surface area contributed by atoms with Crippen LogP contribution in [-0.4, -0.2) is 17.7 Å². The number of nitrogens with one attached hydrogen (secondary N) is 3. The number of amides is 3. The van der Waals surface area contributed by atoms with Gasteiger partial charge in [0.05, 0.1) is 0 Å². The van der Waals surface area contributed by atoms with Crippen molar-refractivity contribution in [3.05, 3.63) is 18.2 Å². The van der Waals surface area contributed by atoms with Crippen LogP contribution >= 0.6 is 0 Å². The summed E-state index contributed by atoms with van der Waals surface area (Å²) in [4.78, 5) is 38.4. The van der Waals surface area contributed by atoms with Gasteiger partial charge in [0.2, 0.25) is 17.7 Å². The zero-order valence-corrected chi connectivity index (χ0v) is 21.9. The molecule has 0 unspecified atom stereocenters. The first-order valence-corrected chi connectivity index (χ1v) is 14.6. The maximum Gasteiger partial charge on any atom is 0.224 e. The number of hydrogen-bond donors (Lipinski definition) is 3. The Morgan fingerprint density at radius 3 is 0.972 bits per heavy atom. The SMILES string of the molecule is O=C(CC1CCCCC1)Nc1cc(NC(=O)CC2CCCCC2)cc(NC(=O)CC2CCCCC2)c1. The van der Waals surface area contributed by atoms with Crippen molar-refractivity contribution in [2.75, 3.05) is 16.0 Å². The molecule has 0 radical (unpaired) electrons. The highest BCUT2D eigenvalue weighted by atomic mass is 16.2. The smallest absolute Gasteiger partial charge is 0.224 e. The lowest BCUT2D eigenvalue weighted by molar-refractivity contribution is -0.118. The van der Waals surface area contributed by atoms with Crippen molar-refractivity contribution in [2.45, 2.75) is 116 Å². The van der Waals surface area contributed by atoms with Gasteiger partial charge >= 0.3 is 0 Å². The van der Waals surface area contributed by atoms with Gasteiger partial charge in [-0.3, -0.25) is 14.4 Å². The Balaban J connectivity index is 1.40. The zero-order chi connectivity index (χ0) is 25.2. The molecular weight excluding hydrogens is 450 g/mol. The van der Waals surface area contributed by atoms with E-state index in [1.165, 1.54) is 57.8 Å². The summed E-state index contributed by atoms with van der Waals surface area (Å²) in [5, 5.41) is 9.11. The van der Waals surface area contributed by atoms with Crippen molar-refractivity contribution in [2.24, 2.45) is 17.8 Å². The third kappa shape index (κ3) is 8.94. The summed E-state index contributed by atoms with van der Waals surface area (Å²) >= 11 is 0. The predicted octanol–water partition coefficient (Wildman–Crippen LogP) is 7.41. The Bertz CT molecular complexity index is 755. The minimum absolute atomic E-state index is 0.00654. The summed E-state index contributed by atoms with van der Waals surface area (Å²) in [7, 11) is 0. The van der Waals surface area contributed by atoms with Crippen LogP contribution in [-0.2, 0) is 14.4 Å². The van der Waals surface area contributed by atoms with Crippen LogP contribution in [0.15, 0.2) is 18.2 Å². The average molecular weight is 496 g/mol. The third-order valence-electron chi connectivity index (χ3n) is 8.38. The maximum atomic E-state index is 12.8. The highest BCUT2D eigenvalue weighted by Crippen LogP contribution is 2.30. The van der Waals surface area contributed by atoms with Crippen molar-refractivity contribution in [1.29, 1.82) is 0 Å². The largest absolute Gasteiger partial charge is 0.326 e. The molecule has 198 valence electrons. The first kappa shape index (κ1) is 26.7. The van der Waals surface area contributed by atoms with E-state index in [1.807, 2.05) is 18.2 Å². The van der Waals surface area contributed by atoms with E-state index >= 15 is 0 Å².